The molecule has 2 heteroatoms. The first-order valence-electron chi connectivity index (χ1n) is 6.23. The molecule has 0 saturated heterocycles. The van der Waals surface area contributed by atoms with E-state index in [1.54, 1.807) is 12.1 Å². The number of nitrogen functional groups attached to an aromatic ring is 1. The molecule has 94 valence electrons. The van der Waals surface area contributed by atoms with E-state index in [-0.39, 0.29) is 0 Å². The Balaban J connectivity index is 2.03. The van der Waals surface area contributed by atoms with Crippen molar-refractivity contribution in [2.24, 2.45) is 0 Å². The van der Waals surface area contributed by atoms with Gasteiger partial charge in [0, 0.05) is 5.69 Å². The predicted octanol–water partition coefficient (Wildman–Crippen LogP) is 3.63. The minimum absolute atomic E-state index is 0.302. The lowest BCUT2D eigenvalue weighted by Crippen LogP contribution is -2.01. The van der Waals surface area contributed by atoms with Crippen molar-refractivity contribution in [3.05, 3.63) is 71.8 Å². The van der Waals surface area contributed by atoms with Crippen LogP contribution in [-0.4, -0.2) is 5.11 Å². The van der Waals surface area contributed by atoms with Gasteiger partial charge < -0.3 is 10.8 Å². The summed E-state index contributed by atoms with van der Waals surface area (Å²) in [5.74, 6) is 0.302. The van der Waals surface area contributed by atoms with Crippen LogP contribution in [0.5, 0.6) is 5.75 Å². The number of hydrogen-bond acceptors (Lipinski definition) is 2. The molecule has 0 fully saturated rings. The van der Waals surface area contributed by atoms with Gasteiger partial charge in [-0.1, -0.05) is 30.9 Å². The summed E-state index contributed by atoms with van der Waals surface area (Å²) in [5.41, 5.74) is 11.9. The number of nitrogens with two attached hydrogens (primary N) is 1. The van der Waals surface area contributed by atoms with Crippen LogP contribution in [0.15, 0.2) is 55.1 Å². The van der Waals surface area contributed by atoms with Gasteiger partial charge in [0.05, 0.1) is 0 Å². The van der Waals surface area contributed by atoms with E-state index in [0.717, 1.165) is 39.9 Å². The fraction of sp³-hybridized carbons (Fsp3) is 0.0588. The number of rotatable bonds is 1. The number of anilines is 1. The van der Waals surface area contributed by atoms with Crippen LogP contribution < -0.4 is 5.73 Å². The van der Waals surface area contributed by atoms with Crippen LogP contribution in [0.25, 0.3) is 11.1 Å². The second-order valence-electron chi connectivity index (χ2n) is 4.76. The van der Waals surface area contributed by atoms with Crippen molar-refractivity contribution in [2.45, 2.75) is 6.42 Å². The molecule has 1 aliphatic rings. The minimum atomic E-state index is 0.302. The van der Waals surface area contributed by atoms with E-state index in [9.17, 15) is 5.11 Å². The minimum Gasteiger partial charge on any atom is -0.508 e. The van der Waals surface area contributed by atoms with Crippen molar-refractivity contribution in [1.82, 2.24) is 0 Å². The monoisotopic (exact) mass is 249 g/mol. The Morgan fingerprint density at radius 3 is 2.53 bits per heavy atom. The van der Waals surface area contributed by atoms with Gasteiger partial charge in [-0.25, -0.2) is 0 Å². The molecule has 0 bridgehead atoms. The van der Waals surface area contributed by atoms with Crippen LogP contribution in [0.2, 0.25) is 0 Å². The molecule has 2 aromatic carbocycles. The number of phenolic OH excluding ortho intramolecular Hbond substituents is 1. The Kier molecular flexibility index (Phi) is 2.64. The number of benzene rings is 2. The van der Waals surface area contributed by atoms with E-state index in [4.69, 9.17) is 5.73 Å². The van der Waals surface area contributed by atoms with Gasteiger partial charge in [0.1, 0.15) is 5.75 Å². The molecule has 0 unspecified atom stereocenters. The summed E-state index contributed by atoms with van der Waals surface area (Å²) in [6.45, 7) is 4.18. The largest absolute Gasteiger partial charge is 0.508 e. The summed E-state index contributed by atoms with van der Waals surface area (Å²) in [7, 11) is 0. The van der Waals surface area contributed by atoms with Crippen molar-refractivity contribution in [2.75, 3.05) is 5.73 Å². The van der Waals surface area contributed by atoms with E-state index in [1.807, 2.05) is 30.3 Å². The number of fused-ring (bicyclic) bond motifs is 1. The first kappa shape index (κ1) is 11.6. The van der Waals surface area contributed by atoms with Crippen LogP contribution in [0, 0.1) is 0 Å². The normalized spacial score (nSPS) is 13.9. The predicted molar refractivity (Wildman–Crippen MR) is 79.7 cm³/mol. The Morgan fingerprint density at radius 2 is 1.79 bits per heavy atom. The summed E-state index contributed by atoms with van der Waals surface area (Å²) in [4.78, 5) is 0. The Hall–Kier alpha value is -2.48. The van der Waals surface area contributed by atoms with E-state index >= 15 is 0 Å². The van der Waals surface area contributed by atoms with Crippen molar-refractivity contribution in [3.63, 3.8) is 0 Å². The summed E-state index contributed by atoms with van der Waals surface area (Å²) in [6, 6.07) is 13.3. The zero-order chi connectivity index (χ0) is 13.4. The third-order valence-corrected chi connectivity index (χ3v) is 3.49. The zero-order valence-electron chi connectivity index (χ0n) is 10.6. The summed E-state index contributed by atoms with van der Waals surface area (Å²) >= 11 is 0. The third-order valence-electron chi connectivity index (χ3n) is 3.49. The van der Waals surface area contributed by atoms with Gasteiger partial charge in [-0.3, -0.25) is 0 Å². The molecule has 0 spiro atoms. The van der Waals surface area contributed by atoms with Crippen LogP contribution in [-0.2, 0) is 6.42 Å². The van der Waals surface area contributed by atoms with E-state index in [1.165, 1.54) is 0 Å². The molecule has 1 aliphatic carbocycles. The molecule has 0 atom stereocenters. The van der Waals surface area contributed by atoms with Gasteiger partial charge >= 0.3 is 0 Å². The Labute approximate surface area is 112 Å². The number of aromatic hydroxyl groups is 1. The van der Waals surface area contributed by atoms with Gasteiger partial charge in [-0.2, -0.15) is 0 Å². The van der Waals surface area contributed by atoms with Gasteiger partial charge in [-0.15, -0.1) is 0 Å². The molecule has 0 heterocycles. The number of allylic oxidation sites excluding steroid dienone is 3. The first-order valence-corrected chi connectivity index (χ1v) is 6.23. The second-order valence-corrected chi connectivity index (χ2v) is 4.76. The van der Waals surface area contributed by atoms with Crippen molar-refractivity contribution < 1.29 is 5.11 Å². The molecule has 0 amide bonds. The fourth-order valence-electron chi connectivity index (χ4n) is 2.48. The Bertz CT molecular complexity index is 681. The molecular weight excluding hydrogens is 234 g/mol. The molecule has 0 saturated carbocycles. The van der Waals surface area contributed by atoms with Crippen molar-refractivity contribution in [1.29, 1.82) is 0 Å². The lowest BCUT2D eigenvalue weighted by Gasteiger charge is -2.20. The SMILES string of the molecule is C=C1C(c2ccc(N)cc2)=CCc2cc(O)ccc21. The van der Waals surface area contributed by atoms with E-state index in [2.05, 4.69) is 12.7 Å². The van der Waals surface area contributed by atoms with E-state index in [0.29, 0.717) is 5.75 Å². The average molecular weight is 249 g/mol. The smallest absolute Gasteiger partial charge is 0.115 e. The van der Waals surface area contributed by atoms with Crippen LogP contribution >= 0.6 is 0 Å². The molecule has 0 radical (unpaired) electrons. The molecule has 2 nitrogen and oxygen atoms in total. The second kappa shape index (κ2) is 4.32. The van der Waals surface area contributed by atoms with Gasteiger partial charge in [0.15, 0.2) is 0 Å². The van der Waals surface area contributed by atoms with Crippen LogP contribution in [0.4, 0.5) is 5.69 Å². The highest BCUT2D eigenvalue weighted by atomic mass is 16.3. The molecule has 3 rings (SSSR count). The summed E-state index contributed by atoms with van der Waals surface area (Å²) in [5, 5.41) is 9.52. The van der Waals surface area contributed by atoms with Crippen LogP contribution in [0.3, 0.4) is 0 Å². The third kappa shape index (κ3) is 2.02. The molecule has 0 aliphatic heterocycles. The zero-order valence-corrected chi connectivity index (χ0v) is 10.6. The molecule has 2 aromatic rings. The number of phenols is 1. The number of hydrogen-bond donors (Lipinski definition) is 2. The van der Waals surface area contributed by atoms with E-state index < -0.39 is 0 Å². The molecular formula is C17H15NO. The van der Waals surface area contributed by atoms with Gasteiger partial charge in [0.25, 0.3) is 0 Å². The lowest BCUT2D eigenvalue weighted by molar-refractivity contribution is 0.474. The fourth-order valence-corrected chi connectivity index (χ4v) is 2.48. The summed E-state index contributed by atoms with van der Waals surface area (Å²) < 4.78 is 0. The highest BCUT2D eigenvalue weighted by Gasteiger charge is 2.16. The average Bonchev–Trinajstić information content (AvgIpc) is 2.40. The first-order chi connectivity index (χ1) is 9.15. The summed E-state index contributed by atoms with van der Waals surface area (Å²) in [6.07, 6.45) is 2.96. The molecule has 19 heavy (non-hydrogen) atoms. The highest BCUT2D eigenvalue weighted by molar-refractivity contribution is 6.06. The Morgan fingerprint density at radius 1 is 1.05 bits per heavy atom. The highest BCUT2D eigenvalue weighted by Crippen LogP contribution is 2.37. The van der Waals surface area contributed by atoms with Gasteiger partial charge in [-0.05, 0) is 58.5 Å². The quantitative estimate of drug-likeness (QED) is 0.758. The topological polar surface area (TPSA) is 46.2 Å². The van der Waals surface area contributed by atoms with Crippen molar-refractivity contribution in [3.8, 4) is 5.75 Å². The maximum atomic E-state index is 9.52. The standard InChI is InChI=1S/C17H15NO/c1-11-16(12-2-5-14(18)6-3-12)8-4-13-10-15(19)7-9-17(11)13/h2-3,5-10,19H,1,4,18H2. The maximum Gasteiger partial charge on any atom is 0.115 e. The van der Waals surface area contributed by atoms with Crippen molar-refractivity contribution >= 4 is 16.8 Å². The van der Waals surface area contributed by atoms with Crippen LogP contribution in [0.1, 0.15) is 16.7 Å². The molecule has 0 aromatic heterocycles. The molecule has 3 N–H and O–H groups in total. The van der Waals surface area contributed by atoms with Gasteiger partial charge in [0.2, 0.25) is 0 Å². The maximum absolute atomic E-state index is 9.52. The lowest BCUT2D eigenvalue weighted by atomic mass is 9.84.